The molecule has 0 amide bonds. The number of hydrogen-bond acceptors (Lipinski definition) is 7. The Morgan fingerprint density at radius 2 is 2.06 bits per heavy atom. The van der Waals surface area contributed by atoms with Crippen LogP contribution in [-0.2, 0) is 4.79 Å². The van der Waals surface area contributed by atoms with Gasteiger partial charge in [0.1, 0.15) is 0 Å². The van der Waals surface area contributed by atoms with Gasteiger partial charge in [0.15, 0.2) is 5.60 Å². The highest BCUT2D eigenvalue weighted by molar-refractivity contribution is 6.11. The number of nitrogens with two attached hydrogens (primary N) is 1. The van der Waals surface area contributed by atoms with Crippen LogP contribution >= 0.6 is 0 Å². The van der Waals surface area contributed by atoms with Gasteiger partial charge in [-0.05, 0) is 85.6 Å². The molecule has 192 valence electrons. The van der Waals surface area contributed by atoms with E-state index in [2.05, 4.69) is 11.9 Å². The first-order valence-corrected chi connectivity index (χ1v) is 12.5. The topological polar surface area (TPSA) is 159 Å². The molecule has 36 heavy (non-hydrogen) atoms. The summed E-state index contributed by atoms with van der Waals surface area (Å²) in [7, 11) is 0. The number of aliphatic hydroxyl groups excluding tert-OH is 1. The van der Waals surface area contributed by atoms with Crippen LogP contribution in [0.5, 0.6) is 0 Å². The number of nitrogens with zero attached hydrogens (tertiary/aromatic N) is 2. The molecule has 6 unspecified atom stereocenters. The molecule has 0 bridgehead atoms. The summed E-state index contributed by atoms with van der Waals surface area (Å²) < 4.78 is 0. The Morgan fingerprint density at radius 3 is 2.72 bits per heavy atom. The average Bonchev–Trinajstić information content (AvgIpc) is 3.10. The predicted molar refractivity (Wildman–Crippen MR) is 134 cm³/mol. The largest absolute Gasteiger partial charge is 0.479 e. The van der Waals surface area contributed by atoms with Gasteiger partial charge in [0, 0.05) is 17.5 Å². The minimum Gasteiger partial charge on any atom is -0.479 e. The summed E-state index contributed by atoms with van der Waals surface area (Å²) in [5.74, 6) is -1.20. The van der Waals surface area contributed by atoms with Crippen LogP contribution < -0.4 is 5.73 Å². The average molecular weight is 496 g/mol. The van der Waals surface area contributed by atoms with Crippen LogP contribution in [-0.4, -0.2) is 43.6 Å². The normalized spacial score (nSPS) is 41.8. The molecular weight excluding hydrogens is 462 g/mol. The molecule has 1 aromatic rings. The van der Waals surface area contributed by atoms with E-state index in [1.54, 1.807) is 12.1 Å². The van der Waals surface area contributed by atoms with Crippen molar-refractivity contribution in [2.24, 2.45) is 39.3 Å². The number of aliphatic imine (C=N–C) groups is 1. The molecule has 0 radical (unpaired) electrons. The number of hydrogen-bond donors (Lipinski definition) is 4. The van der Waals surface area contributed by atoms with E-state index in [-0.39, 0.29) is 41.7 Å². The molecule has 4 aliphatic rings. The van der Waals surface area contributed by atoms with Gasteiger partial charge in [-0.15, -0.1) is 0 Å². The number of allylic oxidation sites excluding steroid dienone is 3. The highest BCUT2D eigenvalue weighted by Crippen LogP contribution is 2.67. The molecule has 0 spiro atoms. The van der Waals surface area contributed by atoms with Crippen molar-refractivity contribution in [2.75, 3.05) is 0 Å². The van der Waals surface area contributed by atoms with E-state index < -0.39 is 28.0 Å². The fourth-order valence-corrected chi connectivity index (χ4v) is 8.11. The van der Waals surface area contributed by atoms with Crippen molar-refractivity contribution in [1.29, 1.82) is 0 Å². The molecule has 0 saturated heterocycles. The van der Waals surface area contributed by atoms with Crippen LogP contribution in [0.25, 0.3) is 0 Å². The monoisotopic (exact) mass is 495 g/mol. The number of rotatable bonds is 3. The number of carbonyl (C=O) groups is 1. The van der Waals surface area contributed by atoms with Gasteiger partial charge in [-0.25, -0.2) is 9.79 Å². The fourth-order valence-electron chi connectivity index (χ4n) is 8.11. The van der Waals surface area contributed by atoms with Crippen LogP contribution in [0, 0.1) is 38.7 Å². The highest BCUT2D eigenvalue weighted by atomic mass is 16.6. The van der Waals surface area contributed by atoms with Crippen LogP contribution in [0.3, 0.4) is 0 Å². The van der Waals surface area contributed by atoms with Crippen LogP contribution in [0.2, 0.25) is 0 Å². The molecule has 7 atom stereocenters. The van der Waals surface area contributed by atoms with E-state index in [4.69, 9.17) is 5.73 Å². The SMILES string of the molecule is CC12CC(=CN)C(=Nc3cccc([N+](=O)[O-])c3)C=C1CCC1C2C(O)CC2(C)C1CC[C@]2(O)C(=O)O. The van der Waals surface area contributed by atoms with Crippen molar-refractivity contribution < 1.29 is 25.0 Å². The van der Waals surface area contributed by atoms with Crippen LogP contribution in [0.1, 0.15) is 52.4 Å². The van der Waals surface area contributed by atoms with Gasteiger partial charge in [0.05, 0.1) is 22.4 Å². The van der Waals surface area contributed by atoms with Gasteiger partial charge in [-0.2, -0.15) is 0 Å². The number of nitro benzene ring substituents is 1. The van der Waals surface area contributed by atoms with Crippen LogP contribution in [0.15, 0.2) is 52.7 Å². The van der Waals surface area contributed by atoms with Crippen molar-refractivity contribution in [3.05, 3.63) is 57.8 Å². The van der Waals surface area contributed by atoms with Crippen molar-refractivity contribution in [3.8, 4) is 0 Å². The Bertz CT molecular complexity index is 1220. The number of carboxylic acid groups (broad SMARTS) is 1. The second-order valence-electron chi connectivity index (χ2n) is 11.5. The molecule has 4 aliphatic carbocycles. The summed E-state index contributed by atoms with van der Waals surface area (Å²) in [5.41, 5.74) is 6.02. The maximum Gasteiger partial charge on any atom is 0.336 e. The van der Waals surface area contributed by atoms with Crippen molar-refractivity contribution in [1.82, 2.24) is 0 Å². The number of carboxylic acids is 1. The fraction of sp³-hybridized carbons (Fsp3) is 0.556. The Morgan fingerprint density at radius 1 is 1.31 bits per heavy atom. The minimum absolute atomic E-state index is 0.00983. The Hall–Kier alpha value is -3.04. The summed E-state index contributed by atoms with van der Waals surface area (Å²) in [5, 5.41) is 43.7. The number of nitro groups is 1. The molecular formula is C27H33N3O6. The lowest BCUT2D eigenvalue weighted by molar-refractivity contribution is -0.384. The van der Waals surface area contributed by atoms with E-state index in [9.17, 15) is 30.2 Å². The standard InChI is InChI=1S/C27H33N3O6/c1-25-12-15(14-28)21(29-17-4-3-5-18(11-17)30(35)36)10-16(25)6-7-19-20-8-9-27(34,24(32)33)26(20,2)13-22(31)23(19)25/h3-5,10-11,14,19-20,22-23,31,34H,6-9,12-13,28H2,1-2H3,(H,32,33)/t19?,20?,22?,23?,25?,26?,27-/m0/s1. The highest BCUT2D eigenvalue weighted by Gasteiger charge is 2.68. The lowest BCUT2D eigenvalue weighted by atomic mass is 9.45. The lowest BCUT2D eigenvalue weighted by Crippen LogP contribution is -2.61. The van der Waals surface area contributed by atoms with Gasteiger partial charge in [0.2, 0.25) is 0 Å². The number of non-ortho nitro benzene ring substituents is 1. The minimum atomic E-state index is -1.83. The molecule has 3 saturated carbocycles. The zero-order chi connectivity index (χ0) is 26.0. The molecule has 5 rings (SSSR count). The van der Waals surface area contributed by atoms with E-state index in [0.29, 0.717) is 24.2 Å². The zero-order valence-electron chi connectivity index (χ0n) is 20.6. The number of aliphatic hydroxyl groups is 2. The molecule has 9 nitrogen and oxygen atoms in total. The van der Waals surface area contributed by atoms with Gasteiger partial charge < -0.3 is 21.1 Å². The van der Waals surface area contributed by atoms with Crippen LogP contribution in [0.4, 0.5) is 11.4 Å². The van der Waals surface area contributed by atoms with Gasteiger partial charge in [-0.1, -0.05) is 25.5 Å². The summed E-state index contributed by atoms with van der Waals surface area (Å²) in [6.07, 6.45) is 5.97. The smallest absolute Gasteiger partial charge is 0.336 e. The van der Waals surface area contributed by atoms with E-state index in [0.717, 1.165) is 24.0 Å². The molecule has 0 heterocycles. The third kappa shape index (κ3) is 3.36. The second kappa shape index (κ2) is 8.24. The quantitative estimate of drug-likeness (QED) is 0.366. The summed E-state index contributed by atoms with van der Waals surface area (Å²) in [6, 6.07) is 6.17. The van der Waals surface area contributed by atoms with Crippen molar-refractivity contribution in [3.63, 3.8) is 0 Å². The first kappa shape index (κ1) is 24.6. The predicted octanol–water partition coefficient (Wildman–Crippen LogP) is 3.87. The first-order valence-electron chi connectivity index (χ1n) is 12.5. The zero-order valence-corrected chi connectivity index (χ0v) is 20.6. The Kier molecular flexibility index (Phi) is 5.64. The second-order valence-corrected chi connectivity index (χ2v) is 11.5. The molecule has 9 heteroatoms. The lowest BCUT2D eigenvalue weighted by Gasteiger charge is -2.60. The molecule has 3 fully saturated rings. The maximum atomic E-state index is 12.1. The summed E-state index contributed by atoms with van der Waals surface area (Å²) in [4.78, 5) is 27.5. The third-order valence-corrected chi connectivity index (χ3v) is 9.87. The van der Waals surface area contributed by atoms with E-state index >= 15 is 0 Å². The van der Waals surface area contributed by atoms with Gasteiger partial charge >= 0.3 is 5.97 Å². The van der Waals surface area contributed by atoms with Gasteiger partial charge in [-0.3, -0.25) is 10.1 Å². The summed E-state index contributed by atoms with van der Waals surface area (Å²) in [6.45, 7) is 3.98. The van der Waals surface area contributed by atoms with Gasteiger partial charge in [0.25, 0.3) is 5.69 Å². The van der Waals surface area contributed by atoms with Crippen molar-refractivity contribution >= 4 is 23.1 Å². The van der Waals surface area contributed by atoms with Crippen molar-refractivity contribution in [2.45, 2.75) is 64.1 Å². The number of aliphatic carboxylic acids is 1. The third-order valence-electron chi connectivity index (χ3n) is 9.87. The Balaban J connectivity index is 1.52. The maximum absolute atomic E-state index is 12.1. The molecule has 0 aliphatic heterocycles. The first-order chi connectivity index (χ1) is 16.9. The van der Waals surface area contributed by atoms with E-state index in [1.807, 2.05) is 13.0 Å². The molecule has 1 aromatic carbocycles. The molecule has 5 N–H and O–H groups in total. The van der Waals surface area contributed by atoms with E-state index in [1.165, 1.54) is 18.3 Å². The number of fused-ring (bicyclic) bond motifs is 5. The molecule has 0 aromatic heterocycles. The number of benzene rings is 1. The summed E-state index contributed by atoms with van der Waals surface area (Å²) >= 11 is 0. The Labute approximate surface area is 209 Å².